The molecule has 0 saturated heterocycles. The number of anilines is 1. The number of ether oxygens (including phenoxy) is 2. The van der Waals surface area contributed by atoms with Gasteiger partial charge in [-0.3, -0.25) is 4.79 Å². The number of hydrogen-bond donors (Lipinski definition) is 1. The molecule has 0 atom stereocenters. The first-order valence-corrected chi connectivity index (χ1v) is 8.24. The Hall–Kier alpha value is -2.64. The molecule has 0 saturated carbocycles. The first-order chi connectivity index (χ1) is 12.8. The van der Waals surface area contributed by atoms with Gasteiger partial charge in [-0.1, -0.05) is 41.4 Å². The van der Waals surface area contributed by atoms with Gasteiger partial charge >= 0.3 is 12.6 Å². The van der Waals surface area contributed by atoms with E-state index in [4.69, 9.17) is 27.9 Å². The Morgan fingerprint density at radius 2 is 1.85 bits per heavy atom. The molecule has 2 aromatic carbocycles. The molecule has 0 fully saturated rings. The van der Waals surface area contributed by atoms with Crippen molar-refractivity contribution in [2.45, 2.75) is 6.61 Å². The lowest BCUT2D eigenvalue weighted by atomic mass is 10.2. The van der Waals surface area contributed by atoms with E-state index in [0.717, 1.165) is 6.08 Å². The SMILES string of the molecule is O=C(COC(=O)/C=C/c1ccc(Cl)c(Cl)c1)Nc1ccccc1OC(F)F. The van der Waals surface area contributed by atoms with Crippen LogP contribution in [-0.2, 0) is 14.3 Å². The minimum atomic E-state index is -3.03. The number of alkyl halides is 2. The van der Waals surface area contributed by atoms with Gasteiger partial charge in [-0.2, -0.15) is 8.78 Å². The predicted molar refractivity (Wildman–Crippen MR) is 98.2 cm³/mol. The summed E-state index contributed by atoms with van der Waals surface area (Å²) in [5.74, 6) is -1.68. The van der Waals surface area contributed by atoms with E-state index in [-0.39, 0.29) is 11.4 Å². The minimum Gasteiger partial charge on any atom is -0.452 e. The van der Waals surface area contributed by atoms with Gasteiger partial charge in [0.2, 0.25) is 0 Å². The number of amides is 1. The second-order valence-corrected chi connectivity index (χ2v) is 5.85. The molecule has 27 heavy (non-hydrogen) atoms. The molecule has 9 heteroatoms. The number of halogens is 4. The van der Waals surface area contributed by atoms with E-state index in [1.165, 1.54) is 30.3 Å². The molecule has 0 heterocycles. The molecule has 0 aromatic heterocycles. The van der Waals surface area contributed by atoms with Crippen molar-refractivity contribution in [3.05, 3.63) is 64.1 Å². The number of benzene rings is 2. The molecule has 0 aliphatic carbocycles. The van der Waals surface area contributed by atoms with Crippen molar-refractivity contribution in [1.29, 1.82) is 0 Å². The van der Waals surface area contributed by atoms with Crippen LogP contribution in [0, 0.1) is 0 Å². The van der Waals surface area contributed by atoms with E-state index >= 15 is 0 Å². The highest BCUT2D eigenvalue weighted by molar-refractivity contribution is 6.42. The molecule has 2 aromatic rings. The van der Waals surface area contributed by atoms with Gasteiger partial charge in [-0.25, -0.2) is 4.79 Å². The number of esters is 1. The number of para-hydroxylation sites is 2. The molecule has 2 rings (SSSR count). The van der Waals surface area contributed by atoms with Crippen molar-refractivity contribution in [1.82, 2.24) is 0 Å². The van der Waals surface area contributed by atoms with Gasteiger partial charge in [0.1, 0.15) is 5.75 Å². The first kappa shape index (κ1) is 20.7. The topological polar surface area (TPSA) is 64.6 Å². The summed E-state index contributed by atoms with van der Waals surface area (Å²) in [5.41, 5.74) is 0.647. The van der Waals surface area contributed by atoms with Crippen LogP contribution in [0.1, 0.15) is 5.56 Å². The van der Waals surface area contributed by atoms with Gasteiger partial charge < -0.3 is 14.8 Å². The first-order valence-electron chi connectivity index (χ1n) is 7.48. The third-order valence-corrected chi connectivity index (χ3v) is 3.82. The average Bonchev–Trinajstić information content (AvgIpc) is 2.62. The highest BCUT2D eigenvalue weighted by Gasteiger charge is 2.12. The van der Waals surface area contributed by atoms with Crippen molar-refractivity contribution in [2.75, 3.05) is 11.9 Å². The van der Waals surface area contributed by atoms with Crippen molar-refractivity contribution in [3.63, 3.8) is 0 Å². The number of hydrogen-bond acceptors (Lipinski definition) is 4. The van der Waals surface area contributed by atoms with Crippen molar-refractivity contribution in [2.24, 2.45) is 0 Å². The van der Waals surface area contributed by atoms with Gasteiger partial charge in [0.15, 0.2) is 6.61 Å². The van der Waals surface area contributed by atoms with Gasteiger partial charge in [0.25, 0.3) is 5.91 Å². The lowest BCUT2D eigenvalue weighted by Gasteiger charge is -2.11. The van der Waals surface area contributed by atoms with Crippen LogP contribution in [0.3, 0.4) is 0 Å². The Kier molecular flexibility index (Phi) is 7.57. The summed E-state index contributed by atoms with van der Waals surface area (Å²) < 4.78 is 33.7. The zero-order chi connectivity index (χ0) is 19.8. The summed E-state index contributed by atoms with van der Waals surface area (Å²) in [6.07, 6.45) is 2.55. The number of carbonyl (C=O) groups is 2. The Bertz CT molecular complexity index is 859. The fourth-order valence-electron chi connectivity index (χ4n) is 1.92. The van der Waals surface area contributed by atoms with Gasteiger partial charge in [-0.05, 0) is 35.9 Å². The Labute approximate surface area is 163 Å². The number of carbonyl (C=O) groups excluding carboxylic acids is 2. The van der Waals surface area contributed by atoms with Crippen molar-refractivity contribution >= 4 is 46.8 Å². The highest BCUT2D eigenvalue weighted by atomic mass is 35.5. The summed E-state index contributed by atoms with van der Waals surface area (Å²) in [4.78, 5) is 23.5. The van der Waals surface area contributed by atoms with E-state index < -0.39 is 25.1 Å². The Morgan fingerprint density at radius 3 is 2.56 bits per heavy atom. The predicted octanol–water partition coefficient (Wildman–Crippen LogP) is 4.79. The lowest BCUT2D eigenvalue weighted by Crippen LogP contribution is -2.20. The molecule has 5 nitrogen and oxygen atoms in total. The zero-order valence-corrected chi connectivity index (χ0v) is 15.1. The third-order valence-electron chi connectivity index (χ3n) is 3.08. The Morgan fingerprint density at radius 1 is 1.11 bits per heavy atom. The standard InChI is InChI=1S/C18H13Cl2F2NO4/c19-12-7-5-11(9-13(12)20)6-8-17(25)26-10-16(24)23-14-3-1-2-4-15(14)27-18(21)22/h1-9,18H,10H2,(H,23,24)/b8-6+. The Balaban J connectivity index is 1.87. The summed E-state index contributed by atoms with van der Waals surface area (Å²) in [7, 11) is 0. The van der Waals surface area contributed by atoms with E-state index in [1.807, 2.05) is 0 Å². The third kappa shape index (κ3) is 6.88. The number of nitrogens with one attached hydrogen (secondary N) is 1. The molecule has 1 amide bonds. The smallest absolute Gasteiger partial charge is 0.387 e. The van der Waals surface area contributed by atoms with Crippen LogP contribution in [0.2, 0.25) is 10.0 Å². The largest absolute Gasteiger partial charge is 0.452 e. The summed E-state index contributed by atoms with van der Waals surface area (Å²) in [6.45, 7) is -3.64. The summed E-state index contributed by atoms with van der Waals surface area (Å²) in [5, 5.41) is 3.04. The van der Waals surface area contributed by atoms with Crippen molar-refractivity contribution in [3.8, 4) is 5.75 Å². The minimum absolute atomic E-state index is 0.0326. The molecular formula is C18H13Cl2F2NO4. The van der Waals surface area contributed by atoms with Gasteiger partial charge in [0.05, 0.1) is 15.7 Å². The molecular weight excluding hydrogens is 403 g/mol. The molecule has 0 radical (unpaired) electrons. The maximum atomic E-state index is 12.3. The van der Waals surface area contributed by atoms with Gasteiger partial charge in [0, 0.05) is 6.08 Å². The van der Waals surface area contributed by atoms with E-state index in [9.17, 15) is 18.4 Å². The molecule has 142 valence electrons. The molecule has 0 bridgehead atoms. The number of rotatable bonds is 7. The highest BCUT2D eigenvalue weighted by Crippen LogP contribution is 2.25. The normalized spacial score (nSPS) is 10.9. The van der Waals surface area contributed by atoms with Crippen LogP contribution in [0.5, 0.6) is 5.75 Å². The van der Waals surface area contributed by atoms with Crippen LogP contribution in [0.15, 0.2) is 48.5 Å². The summed E-state index contributed by atoms with van der Waals surface area (Å²) >= 11 is 11.7. The van der Waals surface area contributed by atoms with Crippen molar-refractivity contribution < 1.29 is 27.8 Å². The second kappa shape index (κ2) is 9.89. The lowest BCUT2D eigenvalue weighted by molar-refractivity contribution is -0.142. The zero-order valence-electron chi connectivity index (χ0n) is 13.6. The molecule has 0 aliphatic rings. The van der Waals surface area contributed by atoms with E-state index in [0.29, 0.717) is 15.6 Å². The fraction of sp³-hybridized carbons (Fsp3) is 0.111. The van der Waals surface area contributed by atoms with E-state index in [1.54, 1.807) is 18.2 Å². The molecule has 1 N–H and O–H groups in total. The molecule has 0 spiro atoms. The summed E-state index contributed by atoms with van der Waals surface area (Å²) in [6, 6.07) is 10.4. The quantitative estimate of drug-likeness (QED) is 0.521. The van der Waals surface area contributed by atoms with E-state index in [2.05, 4.69) is 10.1 Å². The fourth-order valence-corrected chi connectivity index (χ4v) is 2.23. The van der Waals surface area contributed by atoms with Crippen LogP contribution in [-0.4, -0.2) is 25.1 Å². The monoisotopic (exact) mass is 415 g/mol. The molecule has 0 unspecified atom stereocenters. The average molecular weight is 416 g/mol. The maximum Gasteiger partial charge on any atom is 0.387 e. The van der Waals surface area contributed by atoms with Crippen LogP contribution in [0.4, 0.5) is 14.5 Å². The second-order valence-electron chi connectivity index (χ2n) is 5.04. The van der Waals surface area contributed by atoms with Crippen LogP contribution >= 0.6 is 23.2 Å². The molecule has 0 aliphatic heterocycles. The van der Waals surface area contributed by atoms with Crippen LogP contribution < -0.4 is 10.1 Å². The maximum absolute atomic E-state index is 12.3. The van der Waals surface area contributed by atoms with Gasteiger partial charge in [-0.15, -0.1) is 0 Å². The van der Waals surface area contributed by atoms with Crippen LogP contribution in [0.25, 0.3) is 6.08 Å².